The van der Waals surface area contributed by atoms with Crippen LogP contribution in [0.4, 0.5) is 10.5 Å². The number of hydrogen-bond donors (Lipinski definition) is 2. The summed E-state index contributed by atoms with van der Waals surface area (Å²) in [7, 11) is -4.52. The fraction of sp³-hybridized carbons (Fsp3) is 0.345. The van der Waals surface area contributed by atoms with E-state index in [0.717, 1.165) is 27.8 Å². The molecule has 3 rings (SSSR count). The summed E-state index contributed by atoms with van der Waals surface area (Å²) in [5.74, 6) is 0. The molecule has 1 atom stereocenters. The molecule has 192 valence electrons. The van der Waals surface area contributed by atoms with E-state index in [9.17, 15) is 18.3 Å². The average molecular weight is 509 g/mol. The van der Waals surface area contributed by atoms with Gasteiger partial charge in [-0.15, -0.1) is 0 Å². The van der Waals surface area contributed by atoms with Crippen LogP contribution in [-0.4, -0.2) is 19.6 Å². The molecule has 0 aliphatic carbocycles. The molecule has 1 amide bonds. The number of carboxylic acid groups (broad SMARTS) is 1. The van der Waals surface area contributed by atoms with Crippen LogP contribution in [0.1, 0.15) is 75.4 Å². The highest BCUT2D eigenvalue weighted by Crippen LogP contribution is 2.41. The second kappa shape index (κ2) is 10.1. The average Bonchev–Trinajstić information content (AvgIpc) is 2.77. The van der Waals surface area contributed by atoms with Gasteiger partial charge < -0.3 is 5.11 Å². The van der Waals surface area contributed by atoms with Crippen LogP contribution in [-0.2, 0) is 21.0 Å². The largest absolute Gasteiger partial charge is 0.464 e. The van der Waals surface area contributed by atoms with Gasteiger partial charge in [0, 0.05) is 0 Å². The van der Waals surface area contributed by atoms with Crippen molar-refractivity contribution in [1.29, 1.82) is 0 Å². The van der Waals surface area contributed by atoms with Crippen LogP contribution in [0.15, 0.2) is 72.8 Å². The Morgan fingerprint density at radius 1 is 0.833 bits per heavy atom. The highest BCUT2D eigenvalue weighted by Gasteiger charge is 2.36. The molecule has 0 bridgehead atoms. The number of rotatable bonds is 6. The summed E-state index contributed by atoms with van der Waals surface area (Å²) in [5.41, 5.74) is 4.10. The first-order valence-corrected chi connectivity index (χ1v) is 13.4. The summed E-state index contributed by atoms with van der Waals surface area (Å²) in [6.07, 6.45) is -1.59. The molecule has 0 aliphatic rings. The summed E-state index contributed by atoms with van der Waals surface area (Å²) in [6.45, 7) is 14.6. The van der Waals surface area contributed by atoms with E-state index in [1.807, 2.05) is 37.3 Å². The van der Waals surface area contributed by atoms with Gasteiger partial charge in [0.05, 0.1) is 11.7 Å². The van der Waals surface area contributed by atoms with Gasteiger partial charge in [-0.2, -0.15) is 17.4 Å². The fourth-order valence-corrected chi connectivity index (χ4v) is 5.67. The molecular weight excluding hydrogens is 472 g/mol. The molecule has 0 fully saturated rings. The smallest absolute Gasteiger partial charge is 0.426 e. The van der Waals surface area contributed by atoms with E-state index in [-0.39, 0.29) is 16.5 Å². The number of amides is 1. The van der Waals surface area contributed by atoms with Crippen molar-refractivity contribution in [2.24, 2.45) is 0 Å². The fourth-order valence-electron chi connectivity index (χ4n) is 4.41. The second-order valence-corrected chi connectivity index (χ2v) is 12.7. The first-order valence-electron chi connectivity index (χ1n) is 11.9. The lowest BCUT2D eigenvalue weighted by molar-refractivity contribution is 0.206. The Morgan fingerprint density at radius 3 is 1.69 bits per heavy atom. The Morgan fingerprint density at radius 2 is 1.28 bits per heavy atom. The number of nitrogens with zero attached hydrogens (tertiary/aromatic N) is 1. The molecule has 3 aromatic carbocycles. The lowest BCUT2D eigenvalue weighted by Gasteiger charge is -2.35. The minimum Gasteiger partial charge on any atom is -0.464 e. The van der Waals surface area contributed by atoms with E-state index in [1.54, 1.807) is 18.2 Å². The topological polar surface area (TPSA) is 86.7 Å². The van der Waals surface area contributed by atoms with Gasteiger partial charge in [-0.05, 0) is 52.1 Å². The quantitative estimate of drug-likeness (QED) is 0.388. The molecule has 7 heteroatoms. The van der Waals surface area contributed by atoms with E-state index < -0.39 is 22.3 Å². The molecule has 36 heavy (non-hydrogen) atoms. The van der Waals surface area contributed by atoms with E-state index in [0.29, 0.717) is 4.31 Å². The molecule has 6 nitrogen and oxygen atoms in total. The van der Waals surface area contributed by atoms with E-state index >= 15 is 0 Å². The van der Waals surface area contributed by atoms with Gasteiger partial charge in [0.15, 0.2) is 0 Å². The molecule has 0 aromatic heterocycles. The number of anilines is 1. The Balaban J connectivity index is 2.33. The van der Waals surface area contributed by atoms with E-state index in [2.05, 4.69) is 58.4 Å². The summed E-state index contributed by atoms with van der Waals surface area (Å²) < 4.78 is 30.7. The molecule has 3 aromatic rings. The van der Waals surface area contributed by atoms with Crippen LogP contribution >= 0.6 is 0 Å². The monoisotopic (exact) mass is 508 g/mol. The first kappa shape index (κ1) is 27.4. The third-order valence-corrected chi connectivity index (χ3v) is 7.41. The van der Waals surface area contributed by atoms with Crippen molar-refractivity contribution in [1.82, 2.24) is 4.72 Å². The highest BCUT2D eigenvalue weighted by atomic mass is 32.2. The standard InChI is InChI=1S/C29H36N2O4S/c1-20-18-23(28(2,3)4)25(24(19-20)29(5,6)7)26(21-14-10-8-11-15-21)30-36(34,35)31(27(32)33)22-16-12-9-13-17-22/h8-19,26,30H,1-7H3,(H,32,33). The maximum absolute atomic E-state index is 13.8. The molecular formula is C29H36N2O4S. The molecule has 2 N–H and O–H groups in total. The minimum atomic E-state index is -4.52. The van der Waals surface area contributed by atoms with Crippen molar-refractivity contribution in [2.75, 3.05) is 4.31 Å². The van der Waals surface area contributed by atoms with Gasteiger partial charge in [0.1, 0.15) is 0 Å². The molecule has 0 spiro atoms. The van der Waals surface area contributed by atoms with Crippen molar-refractivity contribution in [3.8, 4) is 0 Å². The van der Waals surface area contributed by atoms with Crippen LogP contribution in [0.25, 0.3) is 0 Å². The minimum absolute atomic E-state index is 0.0420. The SMILES string of the molecule is Cc1cc(C(C)(C)C)c(C(NS(=O)(=O)N(C(=O)O)c2ccccc2)c2ccccc2)c(C(C)(C)C)c1. The zero-order valence-corrected chi connectivity index (χ0v) is 22.8. The van der Waals surface area contributed by atoms with Crippen molar-refractivity contribution < 1.29 is 18.3 Å². The predicted octanol–water partition coefficient (Wildman–Crippen LogP) is 6.70. The number of aryl methyl sites for hydroxylation is 1. The van der Waals surface area contributed by atoms with Gasteiger partial charge in [-0.1, -0.05) is 108 Å². The lowest BCUT2D eigenvalue weighted by Crippen LogP contribution is -2.46. The van der Waals surface area contributed by atoms with Gasteiger partial charge in [0.25, 0.3) is 0 Å². The summed E-state index contributed by atoms with van der Waals surface area (Å²) in [6, 6.07) is 20.5. The molecule has 0 radical (unpaired) electrons. The number of para-hydroxylation sites is 1. The van der Waals surface area contributed by atoms with Crippen LogP contribution in [0.5, 0.6) is 0 Å². The van der Waals surface area contributed by atoms with Crippen LogP contribution in [0.2, 0.25) is 0 Å². The van der Waals surface area contributed by atoms with Crippen LogP contribution in [0, 0.1) is 6.92 Å². The Labute approximate surface area is 215 Å². The molecule has 0 aliphatic heterocycles. The van der Waals surface area contributed by atoms with Gasteiger partial charge in [-0.25, -0.2) is 4.79 Å². The Kier molecular flexibility index (Phi) is 7.67. The molecule has 0 heterocycles. The highest BCUT2D eigenvalue weighted by molar-refractivity contribution is 7.91. The van der Waals surface area contributed by atoms with Gasteiger partial charge in [0.2, 0.25) is 0 Å². The lowest BCUT2D eigenvalue weighted by atomic mass is 9.72. The van der Waals surface area contributed by atoms with E-state index in [1.165, 1.54) is 12.1 Å². The van der Waals surface area contributed by atoms with Crippen molar-refractivity contribution in [3.63, 3.8) is 0 Å². The maximum Gasteiger partial charge on any atom is 0.426 e. The number of carbonyl (C=O) groups is 1. The van der Waals surface area contributed by atoms with Crippen molar-refractivity contribution in [2.45, 2.75) is 65.3 Å². The third kappa shape index (κ3) is 5.97. The predicted molar refractivity (Wildman–Crippen MR) is 146 cm³/mol. The zero-order chi connectivity index (χ0) is 26.9. The molecule has 1 unspecified atom stereocenters. The number of hydrogen-bond acceptors (Lipinski definition) is 3. The van der Waals surface area contributed by atoms with Crippen molar-refractivity contribution >= 4 is 22.0 Å². The molecule has 0 saturated heterocycles. The normalized spacial score (nSPS) is 13.3. The molecule has 0 saturated carbocycles. The van der Waals surface area contributed by atoms with Crippen LogP contribution in [0.3, 0.4) is 0 Å². The maximum atomic E-state index is 13.8. The van der Waals surface area contributed by atoms with Gasteiger partial charge in [-0.3, -0.25) is 0 Å². The van der Waals surface area contributed by atoms with Crippen LogP contribution < -0.4 is 9.03 Å². The van der Waals surface area contributed by atoms with Gasteiger partial charge >= 0.3 is 16.3 Å². The van der Waals surface area contributed by atoms with E-state index in [4.69, 9.17) is 0 Å². The number of benzene rings is 3. The number of nitrogens with one attached hydrogen (secondary N) is 1. The Bertz CT molecular complexity index is 1290. The zero-order valence-electron chi connectivity index (χ0n) is 22.0. The summed E-state index contributed by atoms with van der Waals surface area (Å²) in [4.78, 5) is 12.2. The summed E-state index contributed by atoms with van der Waals surface area (Å²) in [5, 5.41) is 9.93. The van der Waals surface area contributed by atoms with Crippen molar-refractivity contribution in [3.05, 3.63) is 101 Å². The second-order valence-electron chi connectivity index (χ2n) is 11.1. The summed E-state index contributed by atoms with van der Waals surface area (Å²) >= 11 is 0. The Hall–Kier alpha value is -3.16. The first-order chi connectivity index (χ1) is 16.6. The third-order valence-electron chi connectivity index (χ3n) is 6.03.